The minimum atomic E-state index is 0.743. The molecule has 1 aromatic rings. The van der Waals surface area contributed by atoms with E-state index < -0.39 is 0 Å². The van der Waals surface area contributed by atoms with E-state index in [4.69, 9.17) is 10.5 Å². The second-order valence-corrected chi connectivity index (χ2v) is 3.61. The quantitative estimate of drug-likeness (QED) is 0.686. The standard InChI is InChI=1S/C8H15N3OS/c1-2-12-5-3-4-10-8-11-6-7(9)13-8/h6H,2-5,9H2,1H3,(H,10,11). The normalized spacial score (nSPS) is 10.2. The van der Waals surface area contributed by atoms with Crippen molar-refractivity contribution in [2.45, 2.75) is 13.3 Å². The fourth-order valence-electron chi connectivity index (χ4n) is 0.882. The van der Waals surface area contributed by atoms with Crippen molar-refractivity contribution in [1.82, 2.24) is 4.98 Å². The molecule has 13 heavy (non-hydrogen) atoms. The number of nitrogens with one attached hydrogen (secondary N) is 1. The lowest BCUT2D eigenvalue weighted by molar-refractivity contribution is 0.147. The average molecular weight is 201 g/mol. The lowest BCUT2D eigenvalue weighted by atomic mass is 10.4. The van der Waals surface area contributed by atoms with E-state index in [0.717, 1.165) is 36.3 Å². The van der Waals surface area contributed by atoms with Crippen molar-refractivity contribution in [2.24, 2.45) is 0 Å². The van der Waals surface area contributed by atoms with E-state index in [0.29, 0.717) is 0 Å². The van der Waals surface area contributed by atoms with Crippen LogP contribution in [0.2, 0.25) is 0 Å². The van der Waals surface area contributed by atoms with Gasteiger partial charge in [0.2, 0.25) is 0 Å². The van der Waals surface area contributed by atoms with Crippen LogP contribution >= 0.6 is 11.3 Å². The Morgan fingerprint density at radius 1 is 1.69 bits per heavy atom. The smallest absolute Gasteiger partial charge is 0.184 e. The van der Waals surface area contributed by atoms with Crippen LogP contribution in [-0.4, -0.2) is 24.7 Å². The van der Waals surface area contributed by atoms with E-state index in [9.17, 15) is 0 Å². The summed E-state index contributed by atoms with van der Waals surface area (Å²) < 4.78 is 5.19. The zero-order chi connectivity index (χ0) is 9.52. The summed E-state index contributed by atoms with van der Waals surface area (Å²) in [5.41, 5.74) is 5.52. The molecule has 0 saturated carbocycles. The molecule has 0 aliphatic rings. The lowest BCUT2D eigenvalue weighted by Crippen LogP contribution is -2.05. The molecule has 0 fully saturated rings. The SMILES string of the molecule is CCOCCCNc1ncc(N)s1. The summed E-state index contributed by atoms with van der Waals surface area (Å²) in [5.74, 6) is 0. The van der Waals surface area contributed by atoms with Gasteiger partial charge >= 0.3 is 0 Å². The molecule has 5 heteroatoms. The lowest BCUT2D eigenvalue weighted by Gasteiger charge is -2.01. The molecule has 1 heterocycles. The summed E-state index contributed by atoms with van der Waals surface area (Å²) in [4.78, 5) is 4.08. The molecule has 4 nitrogen and oxygen atoms in total. The number of anilines is 2. The highest BCUT2D eigenvalue weighted by Crippen LogP contribution is 2.18. The first-order valence-electron chi connectivity index (χ1n) is 4.36. The molecule has 1 aromatic heterocycles. The van der Waals surface area contributed by atoms with Crippen molar-refractivity contribution in [3.63, 3.8) is 0 Å². The van der Waals surface area contributed by atoms with Gasteiger partial charge in [-0.1, -0.05) is 11.3 Å². The van der Waals surface area contributed by atoms with E-state index in [1.54, 1.807) is 6.20 Å². The highest BCUT2D eigenvalue weighted by atomic mass is 32.1. The molecular formula is C8H15N3OS. The monoisotopic (exact) mass is 201 g/mol. The zero-order valence-electron chi connectivity index (χ0n) is 7.75. The van der Waals surface area contributed by atoms with E-state index >= 15 is 0 Å². The van der Waals surface area contributed by atoms with Gasteiger partial charge in [0.1, 0.15) is 5.00 Å². The molecule has 0 unspecified atom stereocenters. The zero-order valence-corrected chi connectivity index (χ0v) is 8.56. The van der Waals surface area contributed by atoms with Crippen molar-refractivity contribution in [3.8, 4) is 0 Å². The van der Waals surface area contributed by atoms with Gasteiger partial charge in [0, 0.05) is 19.8 Å². The van der Waals surface area contributed by atoms with Crippen LogP contribution in [-0.2, 0) is 4.74 Å². The molecule has 0 bridgehead atoms. The van der Waals surface area contributed by atoms with Gasteiger partial charge in [0.05, 0.1) is 6.20 Å². The Labute approximate surface area is 82.1 Å². The van der Waals surface area contributed by atoms with E-state index in [-0.39, 0.29) is 0 Å². The predicted molar refractivity (Wildman–Crippen MR) is 56.1 cm³/mol. The highest BCUT2D eigenvalue weighted by Gasteiger charge is 1.96. The van der Waals surface area contributed by atoms with Crippen LogP contribution in [0.5, 0.6) is 0 Å². The number of rotatable bonds is 6. The average Bonchev–Trinajstić information content (AvgIpc) is 2.51. The molecule has 74 valence electrons. The molecule has 0 aromatic carbocycles. The minimum Gasteiger partial charge on any atom is -0.389 e. The first-order valence-corrected chi connectivity index (χ1v) is 5.17. The molecule has 0 radical (unpaired) electrons. The number of thiazole rings is 1. The molecule has 0 atom stereocenters. The second kappa shape index (κ2) is 5.77. The summed E-state index contributed by atoms with van der Waals surface area (Å²) in [6.45, 7) is 4.45. The van der Waals surface area contributed by atoms with Gasteiger partial charge in [-0.25, -0.2) is 4.98 Å². The first-order chi connectivity index (χ1) is 6.33. The van der Waals surface area contributed by atoms with Crippen LogP contribution < -0.4 is 11.1 Å². The van der Waals surface area contributed by atoms with Crippen LogP contribution in [0.1, 0.15) is 13.3 Å². The van der Waals surface area contributed by atoms with Crippen LogP contribution in [0.15, 0.2) is 6.20 Å². The third kappa shape index (κ3) is 4.10. The van der Waals surface area contributed by atoms with Gasteiger partial charge in [0.15, 0.2) is 5.13 Å². The summed E-state index contributed by atoms with van der Waals surface area (Å²) in [6.07, 6.45) is 2.66. The Morgan fingerprint density at radius 2 is 2.54 bits per heavy atom. The van der Waals surface area contributed by atoms with Crippen LogP contribution in [0.4, 0.5) is 10.1 Å². The maximum atomic E-state index is 5.52. The van der Waals surface area contributed by atoms with Crippen molar-refractivity contribution < 1.29 is 4.74 Å². The molecule has 1 rings (SSSR count). The number of ether oxygens (including phenoxy) is 1. The third-order valence-corrected chi connectivity index (χ3v) is 2.25. The maximum absolute atomic E-state index is 5.52. The Bertz CT molecular complexity index is 239. The number of nitrogens with zero attached hydrogens (tertiary/aromatic N) is 1. The molecule has 0 spiro atoms. The molecule has 0 aliphatic carbocycles. The van der Waals surface area contributed by atoms with Crippen molar-refractivity contribution in [1.29, 1.82) is 0 Å². The van der Waals surface area contributed by atoms with Crippen molar-refractivity contribution in [2.75, 3.05) is 30.8 Å². The van der Waals surface area contributed by atoms with E-state index in [1.807, 2.05) is 6.92 Å². The Hall–Kier alpha value is -0.810. The van der Waals surface area contributed by atoms with Crippen LogP contribution in [0.25, 0.3) is 0 Å². The predicted octanol–water partition coefficient (Wildman–Crippen LogP) is 1.56. The molecule has 0 aliphatic heterocycles. The first kappa shape index (κ1) is 10.3. The van der Waals surface area contributed by atoms with Gasteiger partial charge in [-0.05, 0) is 13.3 Å². The number of hydrogen-bond acceptors (Lipinski definition) is 5. The van der Waals surface area contributed by atoms with Crippen molar-refractivity contribution >= 4 is 21.5 Å². The second-order valence-electron chi connectivity index (χ2n) is 2.55. The van der Waals surface area contributed by atoms with Crippen molar-refractivity contribution in [3.05, 3.63) is 6.20 Å². The third-order valence-electron chi connectivity index (χ3n) is 1.47. The van der Waals surface area contributed by atoms with E-state index in [2.05, 4.69) is 10.3 Å². The van der Waals surface area contributed by atoms with Gasteiger partial charge in [-0.2, -0.15) is 0 Å². The van der Waals surface area contributed by atoms with Crippen LogP contribution in [0.3, 0.4) is 0 Å². The molecule has 3 N–H and O–H groups in total. The summed E-state index contributed by atoms with van der Waals surface area (Å²) in [5, 5.41) is 4.80. The van der Waals surface area contributed by atoms with Gasteiger partial charge in [-0.15, -0.1) is 0 Å². The maximum Gasteiger partial charge on any atom is 0.184 e. The van der Waals surface area contributed by atoms with Gasteiger partial charge in [0.25, 0.3) is 0 Å². The Balaban J connectivity index is 2.06. The largest absolute Gasteiger partial charge is 0.389 e. The molecule has 0 saturated heterocycles. The van der Waals surface area contributed by atoms with E-state index in [1.165, 1.54) is 11.3 Å². The Kier molecular flexibility index (Phi) is 4.56. The van der Waals surface area contributed by atoms with Crippen LogP contribution in [0, 0.1) is 0 Å². The highest BCUT2D eigenvalue weighted by molar-refractivity contribution is 7.19. The number of nitrogens with two attached hydrogens (primary N) is 1. The summed E-state index contributed by atoms with van der Waals surface area (Å²) in [6, 6.07) is 0. The number of nitrogen functional groups attached to an aromatic ring is 1. The summed E-state index contributed by atoms with van der Waals surface area (Å²) >= 11 is 1.47. The minimum absolute atomic E-state index is 0.743. The number of aromatic nitrogens is 1. The fourth-order valence-corrected chi connectivity index (χ4v) is 1.49. The summed E-state index contributed by atoms with van der Waals surface area (Å²) in [7, 11) is 0. The topological polar surface area (TPSA) is 60.2 Å². The van der Waals surface area contributed by atoms with Gasteiger partial charge < -0.3 is 15.8 Å². The Morgan fingerprint density at radius 3 is 3.15 bits per heavy atom. The fraction of sp³-hybridized carbons (Fsp3) is 0.625. The molecular weight excluding hydrogens is 186 g/mol. The number of hydrogen-bond donors (Lipinski definition) is 2. The molecule has 0 amide bonds. The van der Waals surface area contributed by atoms with Gasteiger partial charge in [-0.3, -0.25) is 0 Å².